The van der Waals surface area contributed by atoms with Crippen molar-refractivity contribution in [3.05, 3.63) is 59.8 Å². The van der Waals surface area contributed by atoms with Crippen molar-refractivity contribution in [2.75, 3.05) is 0 Å². The van der Waals surface area contributed by atoms with Crippen LogP contribution in [0.25, 0.3) is 17.0 Å². The summed E-state index contributed by atoms with van der Waals surface area (Å²) in [6.07, 6.45) is 7.81. The summed E-state index contributed by atoms with van der Waals surface area (Å²) in [5.41, 5.74) is 1.71. The molecule has 0 amide bonds. The molecule has 0 aliphatic carbocycles. The first kappa shape index (κ1) is 16.9. The summed E-state index contributed by atoms with van der Waals surface area (Å²) in [5, 5.41) is 0.990. The van der Waals surface area contributed by atoms with Crippen LogP contribution in [0.3, 0.4) is 0 Å². The summed E-state index contributed by atoms with van der Waals surface area (Å²) >= 11 is 0. The van der Waals surface area contributed by atoms with Gasteiger partial charge in [0.25, 0.3) is 5.79 Å². The molecular formula is C20H19NO4. The first-order chi connectivity index (χ1) is 12.0. The van der Waals surface area contributed by atoms with Gasteiger partial charge in [-0.2, -0.15) is 0 Å². The van der Waals surface area contributed by atoms with E-state index in [0.29, 0.717) is 6.42 Å². The standard InChI is InChI=1S/C20H19NO4/c1-3-12-20(2)24-18(22)16(19(23)25-20)9-6-7-14-11-13-21-17-10-5-4-8-15(14)17/h4-11,13H,3,12H2,1-2H3. The van der Waals surface area contributed by atoms with Gasteiger partial charge in [-0.25, -0.2) is 9.59 Å². The molecular weight excluding hydrogens is 318 g/mol. The third-order valence-electron chi connectivity index (χ3n) is 3.98. The highest BCUT2D eigenvalue weighted by Gasteiger charge is 2.41. The molecule has 0 saturated carbocycles. The zero-order valence-corrected chi connectivity index (χ0v) is 14.2. The largest absolute Gasteiger partial charge is 0.419 e. The number of hydrogen-bond donors (Lipinski definition) is 0. The minimum absolute atomic E-state index is 0.108. The number of esters is 2. The van der Waals surface area contributed by atoms with Gasteiger partial charge < -0.3 is 9.47 Å². The zero-order chi connectivity index (χ0) is 17.9. The smallest absolute Gasteiger partial charge is 0.348 e. The van der Waals surface area contributed by atoms with Crippen molar-refractivity contribution in [1.29, 1.82) is 0 Å². The second-order valence-corrected chi connectivity index (χ2v) is 6.02. The number of pyridine rings is 1. The van der Waals surface area contributed by atoms with Gasteiger partial charge in [0.1, 0.15) is 5.57 Å². The van der Waals surface area contributed by atoms with E-state index in [1.54, 1.807) is 19.2 Å². The summed E-state index contributed by atoms with van der Waals surface area (Å²) in [7, 11) is 0. The number of fused-ring (bicyclic) bond motifs is 1. The molecule has 25 heavy (non-hydrogen) atoms. The number of aromatic nitrogens is 1. The van der Waals surface area contributed by atoms with Crippen LogP contribution in [-0.2, 0) is 19.1 Å². The molecule has 1 aliphatic rings. The van der Waals surface area contributed by atoms with Crippen molar-refractivity contribution in [3.63, 3.8) is 0 Å². The van der Waals surface area contributed by atoms with Gasteiger partial charge in [0.05, 0.1) is 5.52 Å². The van der Waals surface area contributed by atoms with Gasteiger partial charge in [-0.05, 0) is 30.2 Å². The van der Waals surface area contributed by atoms with Crippen molar-refractivity contribution in [1.82, 2.24) is 4.98 Å². The van der Waals surface area contributed by atoms with Crippen molar-refractivity contribution >= 4 is 28.9 Å². The number of para-hydroxylation sites is 1. The summed E-state index contributed by atoms with van der Waals surface area (Å²) in [6, 6.07) is 9.62. The molecule has 0 radical (unpaired) electrons. The molecule has 0 N–H and O–H groups in total. The summed E-state index contributed by atoms with van der Waals surface area (Å²) < 4.78 is 10.6. The van der Waals surface area contributed by atoms with Gasteiger partial charge in [-0.15, -0.1) is 0 Å². The SMILES string of the molecule is CCCC1(C)OC(=O)C(=CC=Cc2ccnc3ccccc23)C(=O)O1. The van der Waals surface area contributed by atoms with Crippen LogP contribution in [0.2, 0.25) is 0 Å². The Kier molecular flexibility index (Phi) is 4.65. The third kappa shape index (κ3) is 3.60. The lowest BCUT2D eigenvalue weighted by Crippen LogP contribution is -2.44. The predicted octanol–water partition coefficient (Wildman–Crippen LogP) is 3.79. The van der Waals surface area contributed by atoms with Gasteiger partial charge in [-0.1, -0.05) is 37.3 Å². The topological polar surface area (TPSA) is 65.5 Å². The van der Waals surface area contributed by atoms with E-state index < -0.39 is 17.7 Å². The Morgan fingerprint density at radius 3 is 2.56 bits per heavy atom. The molecule has 0 spiro atoms. The number of carbonyl (C=O) groups excluding carboxylic acids is 2. The fourth-order valence-corrected chi connectivity index (χ4v) is 2.81. The van der Waals surface area contributed by atoms with E-state index in [4.69, 9.17) is 9.47 Å². The number of nitrogens with zero attached hydrogens (tertiary/aromatic N) is 1. The summed E-state index contributed by atoms with van der Waals surface area (Å²) in [6.45, 7) is 3.53. The minimum Gasteiger partial charge on any atom is -0.419 e. The molecule has 1 saturated heterocycles. The molecule has 0 unspecified atom stereocenters. The first-order valence-corrected chi connectivity index (χ1v) is 8.21. The lowest BCUT2D eigenvalue weighted by molar-refractivity contribution is -0.230. The van der Waals surface area contributed by atoms with Crippen LogP contribution < -0.4 is 0 Å². The molecule has 128 valence electrons. The van der Waals surface area contributed by atoms with Gasteiger partial charge in [0.2, 0.25) is 0 Å². The van der Waals surface area contributed by atoms with E-state index in [2.05, 4.69) is 4.98 Å². The molecule has 2 heterocycles. The molecule has 0 atom stereocenters. The maximum absolute atomic E-state index is 12.1. The molecule has 1 aromatic heterocycles. The van der Waals surface area contributed by atoms with Crippen LogP contribution in [0.5, 0.6) is 0 Å². The number of cyclic esters (lactones) is 2. The van der Waals surface area contributed by atoms with Crippen molar-refractivity contribution in [2.45, 2.75) is 32.5 Å². The quantitative estimate of drug-likeness (QED) is 0.482. The highest BCUT2D eigenvalue weighted by molar-refractivity contribution is 6.15. The van der Waals surface area contributed by atoms with Gasteiger partial charge in [0, 0.05) is 24.9 Å². The maximum atomic E-state index is 12.1. The van der Waals surface area contributed by atoms with Crippen LogP contribution >= 0.6 is 0 Å². The molecule has 0 bridgehead atoms. The summed E-state index contributed by atoms with van der Waals surface area (Å²) in [4.78, 5) is 28.5. The number of hydrogen-bond acceptors (Lipinski definition) is 5. The molecule has 5 nitrogen and oxygen atoms in total. The fraction of sp³-hybridized carbons (Fsp3) is 0.250. The third-order valence-corrected chi connectivity index (χ3v) is 3.98. The highest BCUT2D eigenvalue weighted by atomic mass is 16.7. The normalized spacial score (nSPS) is 20.6. The van der Waals surface area contributed by atoms with Crippen molar-refractivity contribution in [2.24, 2.45) is 0 Å². The highest BCUT2D eigenvalue weighted by Crippen LogP contribution is 2.27. The molecule has 1 fully saturated rings. The molecule has 1 aliphatic heterocycles. The average Bonchev–Trinajstić information content (AvgIpc) is 2.57. The maximum Gasteiger partial charge on any atom is 0.348 e. The molecule has 2 aromatic rings. The Hall–Kier alpha value is -2.95. The zero-order valence-electron chi connectivity index (χ0n) is 14.2. The van der Waals surface area contributed by atoms with Crippen LogP contribution in [0.1, 0.15) is 32.3 Å². The lowest BCUT2D eigenvalue weighted by atomic mass is 10.1. The van der Waals surface area contributed by atoms with Gasteiger partial charge >= 0.3 is 11.9 Å². The molecule has 1 aromatic carbocycles. The van der Waals surface area contributed by atoms with E-state index in [-0.39, 0.29) is 5.57 Å². The lowest BCUT2D eigenvalue weighted by Gasteiger charge is -2.32. The number of benzene rings is 1. The van der Waals surface area contributed by atoms with Gasteiger partial charge in [0.15, 0.2) is 0 Å². The Bertz CT molecular complexity index is 857. The van der Waals surface area contributed by atoms with E-state index >= 15 is 0 Å². The number of carbonyl (C=O) groups is 2. The van der Waals surface area contributed by atoms with E-state index in [1.807, 2.05) is 43.3 Å². The number of rotatable bonds is 4. The average molecular weight is 337 g/mol. The Morgan fingerprint density at radius 1 is 1.12 bits per heavy atom. The summed E-state index contributed by atoms with van der Waals surface area (Å²) in [5.74, 6) is -2.49. The Balaban J connectivity index is 1.83. The fourth-order valence-electron chi connectivity index (χ4n) is 2.81. The Morgan fingerprint density at radius 2 is 1.84 bits per heavy atom. The van der Waals surface area contributed by atoms with Crippen LogP contribution in [-0.4, -0.2) is 22.7 Å². The minimum atomic E-state index is -1.18. The van der Waals surface area contributed by atoms with Crippen LogP contribution in [0.15, 0.2) is 54.3 Å². The first-order valence-electron chi connectivity index (χ1n) is 8.21. The second-order valence-electron chi connectivity index (χ2n) is 6.02. The van der Waals surface area contributed by atoms with E-state index in [9.17, 15) is 9.59 Å². The monoisotopic (exact) mass is 337 g/mol. The molecule has 3 rings (SSSR count). The van der Waals surface area contributed by atoms with Gasteiger partial charge in [-0.3, -0.25) is 4.98 Å². The second kappa shape index (κ2) is 6.89. The van der Waals surface area contributed by atoms with Crippen LogP contribution in [0.4, 0.5) is 0 Å². The molecule has 5 heteroatoms. The van der Waals surface area contributed by atoms with Crippen molar-refractivity contribution < 1.29 is 19.1 Å². The number of allylic oxidation sites excluding steroid dienone is 2. The number of ether oxygens (including phenoxy) is 2. The Labute approximate surface area is 146 Å². The predicted molar refractivity (Wildman–Crippen MR) is 94.4 cm³/mol. The van der Waals surface area contributed by atoms with Crippen LogP contribution in [0, 0.1) is 0 Å². The van der Waals surface area contributed by atoms with E-state index in [1.165, 1.54) is 6.08 Å². The van der Waals surface area contributed by atoms with E-state index in [0.717, 1.165) is 22.9 Å². The van der Waals surface area contributed by atoms with Crippen molar-refractivity contribution in [3.8, 4) is 0 Å².